The number of anilines is 1. The maximum atomic E-state index is 12.8. The molecular formula is C7H7FN2O2. The lowest BCUT2D eigenvalue weighted by Crippen LogP contribution is -2.13. The van der Waals surface area contributed by atoms with E-state index in [-0.39, 0.29) is 5.69 Å². The van der Waals surface area contributed by atoms with Crippen LogP contribution in [0.5, 0.6) is 5.75 Å². The van der Waals surface area contributed by atoms with Crippen LogP contribution in [-0.2, 0) is 0 Å². The van der Waals surface area contributed by atoms with E-state index >= 15 is 0 Å². The van der Waals surface area contributed by atoms with Crippen molar-refractivity contribution in [2.75, 3.05) is 5.73 Å². The molecule has 0 saturated heterocycles. The second-order valence-corrected chi connectivity index (χ2v) is 2.27. The van der Waals surface area contributed by atoms with Crippen LogP contribution in [0.1, 0.15) is 10.4 Å². The van der Waals surface area contributed by atoms with Crippen LogP contribution in [0.4, 0.5) is 10.1 Å². The number of halogens is 1. The number of phenols is 1. The molecule has 1 amide bonds. The van der Waals surface area contributed by atoms with Gasteiger partial charge in [0.1, 0.15) is 0 Å². The number of carbonyl (C=O) groups excluding carboxylic acids is 1. The predicted octanol–water partition coefficient (Wildman–Crippen LogP) is 0.212. The van der Waals surface area contributed by atoms with Gasteiger partial charge in [-0.3, -0.25) is 4.79 Å². The summed E-state index contributed by atoms with van der Waals surface area (Å²) in [4.78, 5) is 10.5. The highest BCUT2D eigenvalue weighted by Crippen LogP contribution is 2.22. The predicted molar refractivity (Wildman–Crippen MR) is 41.0 cm³/mol. The van der Waals surface area contributed by atoms with E-state index in [1.165, 1.54) is 0 Å². The third kappa shape index (κ3) is 1.29. The molecule has 0 fully saturated rings. The van der Waals surface area contributed by atoms with Crippen molar-refractivity contribution < 1.29 is 14.3 Å². The van der Waals surface area contributed by atoms with E-state index in [1.54, 1.807) is 0 Å². The number of rotatable bonds is 1. The van der Waals surface area contributed by atoms with Gasteiger partial charge in [0.05, 0.1) is 5.56 Å². The third-order valence-corrected chi connectivity index (χ3v) is 1.34. The van der Waals surface area contributed by atoms with E-state index in [0.29, 0.717) is 0 Å². The Balaban J connectivity index is 3.37. The molecule has 0 saturated carbocycles. The first kappa shape index (κ1) is 8.32. The molecule has 64 valence electrons. The van der Waals surface area contributed by atoms with Crippen molar-refractivity contribution in [2.45, 2.75) is 0 Å². The Kier molecular flexibility index (Phi) is 1.86. The molecule has 0 heterocycles. The Labute approximate surface area is 67.6 Å². The molecule has 1 aromatic carbocycles. The van der Waals surface area contributed by atoms with Gasteiger partial charge in [0, 0.05) is 11.8 Å². The summed E-state index contributed by atoms with van der Waals surface area (Å²) in [6.07, 6.45) is 0. The topological polar surface area (TPSA) is 89.3 Å². The Morgan fingerprint density at radius 1 is 1.50 bits per heavy atom. The van der Waals surface area contributed by atoms with Gasteiger partial charge in [-0.15, -0.1) is 0 Å². The molecule has 0 aliphatic carbocycles. The third-order valence-electron chi connectivity index (χ3n) is 1.34. The normalized spacial score (nSPS) is 9.75. The second kappa shape index (κ2) is 2.69. The minimum Gasteiger partial charge on any atom is -0.505 e. The molecule has 1 rings (SSSR count). The van der Waals surface area contributed by atoms with Gasteiger partial charge in [0.15, 0.2) is 11.6 Å². The van der Waals surface area contributed by atoms with Gasteiger partial charge >= 0.3 is 0 Å². The van der Waals surface area contributed by atoms with Gasteiger partial charge in [-0.05, 0) is 6.07 Å². The monoisotopic (exact) mass is 170 g/mol. The van der Waals surface area contributed by atoms with E-state index in [0.717, 1.165) is 12.1 Å². The fourth-order valence-corrected chi connectivity index (χ4v) is 0.810. The smallest absolute Gasteiger partial charge is 0.251 e. The average molecular weight is 170 g/mol. The van der Waals surface area contributed by atoms with Crippen LogP contribution < -0.4 is 11.5 Å². The minimum atomic E-state index is -1.04. The SMILES string of the molecule is NC(=O)c1cc(N)cc(O)c1F. The highest BCUT2D eigenvalue weighted by Gasteiger charge is 2.12. The lowest BCUT2D eigenvalue weighted by atomic mass is 10.1. The highest BCUT2D eigenvalue weighted by molar-refractivity contribution is 5.94. The number of hydrogen-bond acceptors (Lipinski definition) is 3. The molecular weight excluding hydrogens is 163 g/mol. The van der Waals surface area contributed by atoms with Crippen LogP contribution in [0.2, 0.25) is 0 Å². The van der Waals surface area contributed by atoms with Gasteiger partial charge in [-0.25, -0.2) is 4.39 Å². The fraction of sp³-hybridized carbons (Fsp3) is 0. The summed E-state index contributed by atoms with van der Waals surface area (Å²) in [6.45, 7) is 0. The van der Waals surface area contributed by atoms with Gasteiger partial charge in [0.25, 0.3) is 5.91 Å². The van der Waals surface area contributed by atoms with Crippen molar-refractivity contribution in [2.24, 2.45) is 5.73 Å². The Morgan fingerprint density at radius 2 is 2.08 bits per heavy atom. The van der Waals surface area contributed by atoms with Crippen LogP contribution in [-0.4, -0.2) is 11.0 Å². The summed E-state index contributed by atoms with van der Waals surface area (Å²) in [5.41, 5.74) is 9.71. The zero-order valence-corrected chi connectivity index (χ0v) is 6.04. The molecule has 5 heteroatoms. The first-order valence-corrected chi connectivity index (χ1v) is 3.10. The zero-order chi connectivity index (χ0) is 9.30. The summed E-state index contributed by atoms with van der Waals surface area (Å²) >= 11 is 0. The van der Waals surface area contributed by atoms with Crippen LogP contribution in [0.3, 0.4) is 0 Å². The quantitative estimate of drug-likeness (QED) is 0.526. The molecule has 4 nitrogen and oxygen atoms in total. The molecule has 0 aromatic heterocycles. The molecule has 0 spiro atoms. The molecule has 0 radical (unpaired) electrons. The van der Waals surface area contributed by atoms with Gasteiger partial charge < -0.3 is 16.6 Å². The Bertz CT molecular complexity index is 338. The number of carbonyl (C=O) groups is 1. The molecule has 0 aliphatic heterocycles. The summed E-state index contributed by atoms with van der Waals surface area (Å²) in [5, 5.41) is 8.87. The Morgan fingerprint density at radius 3 is 2.58 bits per heavy atom. The summed E-state index contributed by atoms with van der Waals surface area (Å²) in [7, 11) is 0. The summed E-state index contributed by atoms with van der Waals surface area (Å²) in [5.74, 6) is -2.68. The number of hydrogen-bond donors (Lipinski definition) is 3. The van der Waals surface area contributed by atoms with Crippen molar-refractivity contribution >= 4 is 11.6 Å². The van der Waals surface area contributed by atoms with E-state index in [9.17, 15) is 9.18 Å². The number of nitrogen functional groups attached to an aromatic ring is 1. The van der Waals surface area contributed by atoms with E-state index in [4.69, 9.17) is 16.6 Å². The number of aromatic hydroxyl groups is 1. The van der Waals surface area contributed by atoms with Crippen molar-refractivity contribution in [3.8, 4) is 5.75 Å². The second-order valence-electron chi connectivity index (χ2n) is 2.27. The van der Waals surface area contributed by atoms with E-state index in [1.807, 2.05) is 0 Å². The lowest BCUT2D eigenvalue weighted by molar-refractivity contribution is 0.0995. The molecule has 0 bridgehead atoms. The maximum absolute atomic E-state index is 12.8. The van der Waals surface area contributed by atoms with Crippen LogP contribution in [0.15, 0.2) is 12.1 Å². The Hall–Kier alpha value is -1.78. The van der Waals surface area contributed by atoms with E-state index < -0.39 is 23.0 Å². The fourth-order valence-electron chi connectivity index (χ4n) is 0.810. The molecule has 5 N–H and O–H groups in total. The van der Waals surface area contributed by atoms with Crippen molar-refractivity contribution in [3.63, 3.8) is 0 Å². The number of phenolic OH excluding ortho intramolecular Hbond substituents is 1. The molecule has 0 atom stereocenters. The number of benzene rings is 1. The number of nitrogens with two attached hydrogens (primary N) is 2. The highest BCUT2D eigenvalue weighted by atomic mass is 19.1. The standard InChI is InChI=1S/C7H7FN2O2/c8-6-4(7(10)12)1-3(9)2-5(6)11/h1-2,11H,9H2,(H2,10,12). The average Bonchev–Trinajstić information content (AvgIpc) is 1.96. The zero-order valence-electron chi connectivity index (χ0n) is 6.04. The van der Waals surface area contributed by atoms with Crippen LogP contribution in [0, 0.1) is 5.82 Å². The van der Waals surface area contributed by atoms with Gasteiger partial charge in [-0.2, -0.15) is 0 Å². The van der Waals surface area contributed by atoms with Gasteiger partial charge in [-0.1, -0.05) is 0 Å². The van der Waals surface area contributed by atoms with Crippen LogP contribution >= 0.6 is 0 Å². The first-order valence-electron chi connectivity index (χ1n) is 3.10. The van der Waals surface area contributed by atoms with Gasteiger partial charge in [0.2, 0.25) is 0 Å². The largest absolute Gasteiger partial charge is 0.505 e. The molecule has 0 aliphatic rings. The first-order chi connectivity index (χ1) is 5.52. The number of amides is 1. The summed E-state index contributed by atoms with van der Waals surface area (Å²) < 4.78 is 12.8. The minimum absolute atomic E-state index is 0.0858. The maximum Gasteiger partial charge on any atom is 0.251 e. The molecule has 0 unspecified atom stereocenters. The summed E-state index contributed by atoms with van der Waals surface area (Å²) in [6, 6.07) is 2.07. The molecule has 1 aromatic rings. The van der Waals surface area contributed by atoms with Crippen molar-refractivity contribution in [1.29, 1.82) is 0 Å². The van der Waals surface area contributed by atoms with Crippen molar-refractivity contribution in [1.82, 2.24) is 0 Å². The van der Waals surface area contributed by atoms with Crippen molar-refractivity contribution in [3.05, 3.63) is 23.5 Å². The number of primary amides is 1. The molecule has 12 heavy (non-hydrogen) atoms. The lowest BCUT2D eigenvalue weighted by Gasteiger charge is -2.01. The van der Waals surface area contributed by atoms with Crippen LogP contribution in [0.25, 0.3) is 0 Å². The van der Waals surface area contributed by atoms with E-state index in [2.05, 4.69) is 0 Å².